The molecule has 29 heavy (non-hydrogen) atoms. The largest absolute Gasteiger partial charge is 0.496 e. The van der Waals surface area contributed by atoms with Crippen molar-refractivity contribution in [1.29, 1.82) is 0 Å². The van der Waals surface area contributed by atoms with Gasteiger partial charge in [0.05, 0.1) is 19.7 Å². The van der Waals surface area contributed by atoms with Crippen LogP contribution in [-0.4, -0.2) is 44.2 Å². The fourth-order valence-electron chi connectivity index (χ4n) is 4.20. The molecule has 0 amide bonds. The normalized spacial score (nSPS) is 19.8. The van der Waals surface area contributed by atoms with Crippen LogP contribution in [0.1, 0.15) is 35.2 Å². The van der Waals surface area contributed by atoms with E-state index in [1.54, 1.807) is 7.11 Å². The summed E-state index contributed by atoms with van der Waals surface area (Å²) in [6.07, 6.45) is 0.657. The summed E-state index contributed by atoms with van der Waals surface area (Å²) in [6.45, 7) is 2.95. The van der Waals surface area contributed by atoms with Crippen molar-refractivity contribution in [3.05, 3.63) is 57.1 Å². The molecule has 158 valence electrons. The van der Waals surface area contributed by atoms with E-state index in [1.165, 1.54) is 7.11 Å². The van der Waals surface area contributed by atoms with Crippen LogP contribution in [-0.2, 0) is 11.2 Å². The lowest BCUT2D eigenvalue weighted by atomic mass is 9.82. The van der Waals surface area contributed by atoms with Gasteiger partial charge in [0.1, 0.15) is 12.4 Å². The highest BCUT2D eigenvalue weighted by atomic mass is 79.9. The summed E-state index contributed by atoms with van der Waals surface area (Å²) in [5.74, 6) is -2.32. The highest BCUT2D eigenvalue weighted by Gasteiger charge is 2.41. The van der Waals surface area contributed by atoms with Gasteiger partial charge in [0, 0.05) is 28.9 Å². The van der Waals surface area contributed by atoms with E-state index in [4.69, 9.17) is 15.2 Å². The Labute approximate surface area is 179 Å². The van der Waals surface area contributed by atoms with Gasteiger partial charge in [0.25, 0.3) is 5.92 Å². The summed E-state index contributed by atoms with van der Waals surface area (Å²) in [6, 6.07) is 9.03. The van der Waals surface area contributed by atoms with E-state index in [-0.39, 0.29) is 12.1 Å². The molecule has 4 nitrogen and oxygen atoms in total. The lowest BCUT2D eigenvalue weighted by molar-refractivity contribution is -0.0962. The maximum atomic E-state index is 14.6. The molecule has 1 aliphatic heterocycles. The minimum absolute atomic E-state index is 0.107. The quantitative estimate of drug-likeness (QED) is 0.608. The Balaban J connectivity index is 2.19. The fraction of sp³-hybridized carbons (Fsp3) is 0.455. The average Bonchev–Trinajstić information content (AvgIpc) is 2.66. The molecule has 0 saturated heterocycles. The summed E-state index contributed by atoms with van der Waals surface area (Å²) in [7, 11) is 2.89. The van der Waals surface area contributed by atoms with Crippen LogP contribution in [0.15, 0.2) is 34.8 Å². The van der Waals surface area contributed by atoms with Crippen LogP contribution in [0.2, 0.25) is 0 Å². The van der Waals surface area contributed by atoms with Crippen LogP contribution in [0.4, 0.5) is 14.5 Å². The first-order chi connectivity index (χ1) is 13.7. The van der Waals surface area contributed by atoms with Crippen molar-refractivity contribution in [2.45, 2.75) is 38.3 Å². The Hall–Kier alpha value is -1.70. The second-order valence-corrected chi connectivity index (χ2v) is 8.57. The number of methoxy groups -OCH3 is 2. The molecule has 3 rings (SSSR count). The number of fused-ring (bicyclic) bond motifs is 1. The number of nitrogens with zero attached hydrogens (tertiary/aromatic N) is 1. The Morgan fingerprint density at radius 3 is 2.55 bits per heavy atom. The maximum Gasteiger partial charge on any atom is 0.283 e. The molecule has 0 radical (unpaired) electrons. The van der Waals surface area contributed by atoms with E-state index < -0.39 is 19.1 Å². The van der Waals surface area contributed by atoms with Crippen LogP contribution in [0.3, 0.4) is 0 Å². The van der Waals surface area contributed by atoms with Crippen LogP contribution in [0, 0.1) is 6.92 Å². The molecule has 1 aliphatic rings. The number of nitrogen functional groups attached to an aromatic ring is 1. The van der Waals surface area contributed by atoms with Gasteiger partial charge >= 0.3 is 0 Å². The molecule has 2 N–H and O–H groups in total. The Bertz CT molecular complexity index is 891. The van der Waals surface area contributed by atoms with Crippen molar-refractivity contribution < 1.29 is 18.3 Å². The van der Waals surface area contributed by atoms with Crippen molar-refractivity contribution in [1.82, 2.24) is 4.90 Å². The zero-order chi connectivity index (χ0) is 21.3. The summed E-state index contributed by atoms with van der Waals surface area (Å²) < 4.78 is 40.5. The molecule has 0 spiro atoms. The van der Waals surface area contributed by atoms with E-state index in [9.17, 15) is 8.78 Å². The lowest BCUT2D eigenvalue weighted by Gasteiger charge is -2.44. The van der Waals surface area contributed by atoms with E-state index in [1.807, 2.05) is 49.1 Å². The van der Waals surface area contributed by atoms with Gasteiger partial charge in [-0.15, -0.1) is 0 Å². The van der Waals surface area contributed by atoms with E-state index in [0.29, 0.717) is 12.2 Å². The smallest absolute Gasteiger partial charge is 0.283 e. The van der Waals surface area contributed by atoms with E-state index in [2.05, 4.69) is 15.9 Å². The average molecular weight is 469 g/mol. The van der Waals surface area contributed by atoms with Gasteiger partial charge < -0.3 is 15.2 Å². The van der Waals surface area contributed by atoms with Crippen LogP contribution < -0.4 is 10.5 Å². The third-order valence-electron chi connectivity index (χ3n) is 5.63. The van der Waals surface area contributed by atoms with Gasteiger partial charge in [-0.2, -0.15) is 0 Å². The van der Waals surface area contributed by atoms with Crippen molar-refractivity contribution in [2.75, 3.05) is 33.1 Å². The number of rotatable bonds is 6. The fourth-order valence-corrected chi connectivity index (χ4v) is 4.54. The molecule has 0 aromatic heterocycles. The van der Waals surface area contributed by atoms with Crippen LogP contribution >= 0.6 is 15.9 Å². The number of ether oxygens (including phenoxy) is 2. The summed E-state index contributed by atoms with van der Waals surface area (Å²) in [5, 5.41) is 0. The first-order valence-corrected chi connectivity index (χ1v) is 10.3. The van der Waals surface area contributed by atoms with Gasteiger partial charge in [-0.25, -0.2) is 8.78 Å². The highest BCUT2D eigenvalue weighted by molar-refractivity contribution is 9.10. The summed E-state index contributed by atoms with van der Waals surface area (Å²) in [4.78, 5) is 1.85. The second-order valence-electron chi connectivity index (χ2n) is 7.65. The van der Waals surface area contributed by atoms with Gasteiger partial charge in [-0.05, 0) is 55.2 Å². The molecule has 0 unspecified atom stereocenters. The zero-order valence-electron chi connectivity index (χ0n) is 17.1. The van der Waals surface area contributed by atoms with Crippen molar-refractivity contribution in [3.63, 3.8) is 0 Å². The molecule has 2 aromatic carbocycles. The number of alkyl halides is 2. The lowest BCUT2D eigenvalue weighted by Crippen LogP contribution is -2.49. The molecule has 1 heterocycles. The van der Waals surface area contributed by atoms with Crippen molar-refractivity contribution >= 4 is 21.6 Å². The molecule has 0 aliphatic carbocycles. The maximum absolute atomic E-state index is 14.6. The van der Waals surface area contributed by atoms with Crippen molar-refractivity contribution in [2.24, 2.45) is 0 Å². The minimum atomic E-state index is -2.97. The summed E-state index contributed by atoms with van der Waals surface area (Å²) in [5.41, 5.74) is 10.8. The van der Waals surface area contributed by atoms with Gasteiger partial charge in [-0.3, -0.25) is 4.90 Å². The number of hydrogen-bond acceptors (Lipinski definition) is 4. The molecule has 7 heteroatoms. The zero-order valence-corrected chi connectivity index (χ0v) is 18.7. The number of hydrogen-bond donors (Lipinski definition) is 1. The molecule has 0 fully saturated rings. The van der Waals surface area contributed by atoms with Crippen LogP contribution in [0.5, 0.6) is 5.75 Å². The second kappa shape index (κ2) is 8.58. The topological polar surface area (TPSA) is 47.7 Å². The summed E-state index contributed by atoms with van der Waals surface area (Å²) >= 11 is 3.46. The molecular formula is C22H27BrF2N2O2. The molecule has 2 aromatic rings. The molecular weight excluding hydrogens is 442 g/mol. The van der Waals surface area contributed by atoms with Gasteiger partial charge in [0.2, 0.25) is 0 Å². The van der Waals surface area contributed by atoms with Gasteiger partial charge in [-0.1, -0.05) is 28.1 Å². The molecule has 0 bridgehead atoms. The van der Waals surface area contributed by atoms with E-state index in [0.717, 1.165) is 32.4 Å². The first kappa shape index (κ1) is 22.0. The predicted molar refractivity (Wildman–Crippen MR) is 115 cm³/mol. The Kier molecular flexibility index (Phi) is 6.51. The molecule has 2 atom stereocenters. The third kappa shape index (κ3) is 4.42. The number of anilines is 1. The standard InChI is InChI=1S/C22H27BrF2N2O2/c1-13-9-18-14(2)19(26)8-7-16(18)21(27(13)11-22(24,25)12-28-3)17-6-5-15(23)10-20(17)29-4/h5-8,10,13,21H,9,11-12,26H2,1-4H3/t13-,21+/m1/s1. The number of benzene rings is 2. The monoisotopic (exact) mass is 468 g/mol. The van der Waals surface area contributed by atoms with Gasteiger partial charge in [0.15, 0.2) is 0 Å². The van der Waals surface area contributed by atoms with E-state index >= 15 is 0 Å². The third-order valence-corrected chi connectivity index (χ3v) is 6.12. The first-order valence-electron chi connectivity index (χ1n) is 9.52. The minimum Gasteiger partial charge on any atom is -0.496 e. The Morgan fingerprint density at radius 1 is 1.21 bits per heavy atom. The SMILES string of the molecule is COCC(F)(F)CN1[C@H](c2ccc(Br)cc2OC)c2ccc(N)c(C)c2C[C@H]1C. The number of nitrogens with two attached hydrogens (primary N) is 1. The highest BCUT2D eigenvalue weighted by Crippen LogP contribution is 2.44. The van der Waals surface area contributed by atoms with Crippen molar-refractivity contribution in [3.8, 4) is 5.75 Å². The van der Waals surface area contributed by atoms with Crippen LogP contribution in [0.25, 0.3) is 0 Å². The molecule has 0 saturated carbocycles. The Morgan fingerprint density at radius 2 is 1.90 bits per heavy atom. The predicted octanol–water partition coefficient (Wildman–Crippen LogP) is 4.97. The number of halogens is 3.